The average Bonchev–Trinajstić information content (AvgIpc) is 3.25. The highest BCUT2D eigenvalue weighted by atomic mass is 35.5. The summed E-state index contributed by atoms with van der Waals surface area (Å²) in [7, 11) is 0. The number of anilines is 1. The summed E-state index contributed by atoms with van der Waals surface area (Å²) in [6.45, 7) is 6.39. The van der Waals surface area contributed by atoms with Gasteiger partial charge in [0.15, 0.2) is 11.0 Å². The van der Waals surface area contributed by atoms with E-state index in [2.05, 4.69) is 25.5 Å². The number of nitrogens with one attached hydrogen (secondary N) is 1. The zero-order valence-electron chi connectivity index (χ0n) is 18.9. The lowest BCUT2D eigenvalue weighted by molar-refractivity contribution is -0.113. The molecule has 0 unspecified atom stereocenters. The van der Waals surface area contributed by atoms with Crippen LogP contribution in [0.25, 0.3) is 17.2 Å². The highest BCUT2D eigenvalue weighted by molar-refractivity contribution is 7.99. The Hall–Kier alpha value is -3.43. The third kappa shape index (κ3) is 5.37. The Bertz CT molecular complexity index is 1270. The number of carbonyl (C=O) groups is 1. The number of aryl methyl sites for hydroxylation is 2. The fourth-order valence-electron chi connectivity index (χ4n) is 3.41. The molecule has 0 atom stereocenters. The Morgan fingerprint density at radius 3 is 2.62 bits per heavy atom. The van der Waals surface area contributed by atoms with E-state index in [-0.39, 0.29) is 11.7 Å². The van der Waals surface area contributed by atoms with Crippen LogP contribution in [0.4, 0.5) is 5.69 Å². The first kappa shape index (κ1) is 23.7. The van der Waals surface area contributed by atoms with Crippen molar-refractivity contribution in [1.82, 2.24) is 24.7 Å². The van der Waals surface area contributed by atoms with Gasteiger partial charge in [0.05, 0.1) is 35.0 Å². The molecule has 8 nitrogen and oxygen atoms in total. The van der Waals surface area contributed by atoms with Gasteiger partial charge in [-0.25, -0.2) is 4.98 Å². The Morgan fingerprint density at radius 1 is 1.15 bits per heavy atom. The minimum atomic E-state index is -0.193. The quantitative estimate of drug-likeness (QED) is 0.339. The van der Waals surface area contributed by atoms with Crippen LogP contribution in [-0.2, 0) is 4.79 Å². The monoisotopic (exact) mass is 494 g/mol. The van der Waals surface area contributed by atoms with Crippen molar-refractivity contribution >= 4 is 35.0 Å². The summed E-state index contributed by atoms with van der Waals surface area (Å²) in [6.07, 6.45) is 4.82. The van der Waals surface area contributed by atoms with Crippen molar-refractivity contribution in [2.24, 2.45) is 0 Å². The Morgan fingerprint density at radius 2 is 1.94 bits per heavy atom. The fraction of sp³-hybridized carbons (Fsp3) is 0.208. The molecule has 0 fully saturated rings. The van der Waals surface area contributed by atoms with Gasteiger partial charge in [0, 0.05) is 12.4 Å². The number of nitrogens with zero attached hydrogens (tertiary/aromatic N) is 5. The van der Waals surface area contributed by atoms with E-state index in [0.717, 1.165) is 22.6 Å². The molecular formula is C24H23ClN6O2S. The van der Waals surface area contributed by atoms with E-state index in [4.69, 9.17) is 16.3 Å². The van der Waals surface area contributed by atoms with Crippen molar-refractivity contribution < 1.29 is 9.53 Å². The summed E-state index contributed by atoms with van der Waals surface area (Å²) >= 11 is 7.61. The van der Waals surface area contributed by atoms with E-state index in [1.165, 1.54) is 11.8 Å². The molecule has 34 heavy (non-hydrogen) atoms. The Balaban J connectivity index is 1.59. The largest absolute Gasteiger partial charge is 0.494 e. The topological polar surface area (TPSA) is 94.8 Å². The van der Waals surface area contributed by atoms with E-state index < -0.39 is 0 Å². The van der Waals surface area contributed by atoms with Gasteiger partial charge in [-0.15, -0.1) is 10.2 Å². The van der Waals surface area contributed by atoms with Crippen molar-refractivity contribution in [3.05, 3.63) is 71.1 Å². The molecule has 10 heteroatoms. The van der Waals surface area contributed by atoms with Gasteiger partial charge >= 0.3 is 0 Å². The Labute approximate surface area is 206 Å². The minimum absolute atomic E-state index is 0.124. The zero-order valence-corrected chi connectivity index (χ0v) is 20.5. The number of ether oxygens (including phenoxy) is 1. The van der Waals surface area contributed by atoms with E-state index in [1.807, 2.05) is 61.7 Å². The molecule has 0 aliphatic carbocycles. The predicted molar refractivity (Wildman–Crippen MR) is 134 cm³/mol. The Kier molecular flexibility index (Phi) is 7.44. The van der Waals surface area contributed by atoms with Gasteiger partial charge in [0.2, 0.25) is 5.91 Å². The number of benzene rings is 2. The highest BCUT2D eigenvalue weighted by Crippen LogP contribution is 2.30. The van der Waals surface area contributed by atoms with Crippen LogP contribution >= 0.6 is 23.4 Å². The van der Waals surface area contributed by atoms with Crippen molar-refractivity contribution in [2.75, 3.05) is 17.7 Å². The first-order valence-electron chi connectivity index (χ1n) is 10.6. The first-order valence-corrected chi connectivity index (χ1v) is 12.0. The van der Waals surface area contributed by atoms with Crippen LogP contribution in [0.2, 0.25) is 5.02 Å². The summed E-state index contributed by atoms with van der Waals surface area (Å²) in [5.41, 5.74) is 3.95. The van der Waals surface area contributed by atoms with Crippen molar-refractivity contribution in [3.8, 4) is 23.0 Å². The molecule has 174 valence electrons. The summed E-state index contributed by atoms with van der Waals surface area (Å²) in [6, 6.07) is 11.4. The second-order valence-corrected chi connectivity index (χ2v) is 8.78. The van der Waals surface area contributed by atoms with Crippen molar-refractivity contribution in [2.45, 2.75) is 25.9 Å². The molecule has 1 amide bonds. The van der Waals surface area contributed by atoms with Gasteiger partial charge in [0.1, 0.15) is 11.4 Å². The fourth-order valence-corrected chi connectivity index (χ4v) is 4.53. The zero-order chi connectivity index (χ0) is 24.1. The van der Waals surface area contributed by atoms with Gasteiger partial charge in [0.25, 0.3) is 0 Å². The van der Waals surface area contributed by atoms with Crippen LogP contribution in [0.5, 0.6) is 5.75 Å². The first-order chi connectivity index (χ1) is 16.5. The highest BCUT2D eigenvalue weighted by Gasteiger charge is 2.19. The second kappa shape index (κ2) is 10.7. The average molecular weight is 495 g/mol. The molecule has 2 aromatic carbocycles. The molecule has 0 aliphatic heterocycles. The van der Waals surface area contributed by atoms with Crippen LogP contribution in [0.15, 0.2) is 60.1 Å². The van der Waals surface area contributed by atoms with Gasteiger partial charge in [-0.2, -0.15) is 0 Å². The molecule has 2 aromatic heterocycles. The van der Waals surface area contributed by atoms with Crippen LogP contribution in [0.3, 0.4) is 0 Å². The molecule has 0 bridgehead atoms. The lowest BCUT2D eigenvalue weighted by Crippen LogP contribution is -2.16. The van der Waals surface area contributed by atoms with Gasteiger partial charge in [-0.05, 0) is 62.2 Å². The van der Waals surface area contributed by atoms with Gasteiger partial charge < -0.3 is 10.1 Å². The molecule has 0 radical (unpaired) electrons. The molecule has 1 N–H and O–H groups in total. The number of hydrogen-bond acceptors (Lipinski definition) is 7. The number of amides is 1. The molecule has 4 rings (SSSR count). The molecule has 4 aromatic rings. The summed E-state index contributed by atoms with van der Waals surface area (Å²) in [5.74, 6) is 1.22. The molecule has 0 saturated heterocycles. The minimum Gasteiger partial charge on any atom is -0.494 e. The maximum Gasteiger partial charge on any atom is 0.234 e. The van der Waals surface area contributed by atoms with Crippen LogP contribution in [0.1, 0.15) is 18.1 Å². The number of halogens is 1. The molecular weight excluding hydrogens is 472 g/mol. The van der Waals surface area contributed by atoms with Crippen LogP contribution in [0, 0.1) is 13.8 Å². The molecule has 0 spiro atoms. The number of thioether (sulfide) groups is 1. The molecule has 0 aliphatic rings. The van der Waals surface area contributed by atoms with E-state index in [0.29, 0.717) is 34.0 Å². The second-order valence-electron chi connectivity index (χ2n) is 7.43. The molecule has 2 heterocycles. The van der Waals surface area contributed by atoms with Gasteiger partial charge in [-0.3, -0.25) is 14.3 Å². The van der Waals surface area contributed by atoms with Crippen LogP contribution < -0.4 is 10.1 Å². The van der Waals surface area contributed by atoms with E-state index in [9.17, 15) is 4.79 Å². The van der Waals surface area contributed by atoms with Crippen molar-refractivity contribution in [3.63, 3.8) is 0 Å². The van der Waals surface area contributed by atoms with Gasteiger partial charge in [-0.1, -0.05) is 29.4 Å². The maximum atomic E-state index is 12.7. The smallest absolute Gasteiger partial charge is 0.234 e. The standard InChI is InChI=1S/C24H23ClN6O2S/c1-4-33-18-7-5-17(6-8-18)31-23(20-13-26-9-10-27-20)29-30-24(31)34-14-21(32)28-22-16(3)11-15(2)12-19(22)25/h5-13H,4,14H2,1-3H3,(H,28,32). The van der Waals surface area contributed by atoms with Crippen molar-refractivity contribution in [1.29, 1.82) is 0 Å². The van der Waals surface area contributed by atoms with E-state index in [1.54, 1.807) is 18.6 Å². The normalized spacial score (nSPS) is 10.8. The summed E-state index contributed by atoms with van der Waals surface area (Å²) < 4.78 is 7.40. The number of carbonyl (C=O) groups excluding carboxylic acids is 1. The lowest BCUT2D eigenvalue weighted by atomic mass is 10.1. The molecule has 0 saturated carbocycles. The lowest BCUT2D eigenvalue weighted by Gasteiger charge is -2.12. The SMILES string of the molecule is CCOc1ccc(-n2c(SCC(=O)Nc3c(C)cc(C)cc3Cl)nnc2-c2cnccn2)cc1. The van der Waals surface area contributed by atoms with Crippen LogP contribution in [-0.4, -0.2) is 43.0 Å². The number of rotatable bonds is 8. The summed E-state index contributed by atoms with van der Waals surface area (Å²) in [5, 5.41) is 12.6. The summed E-state index contributed by atoms with van der Waals surface area (Å²) in [4.78, 5) is 21.2. The third-order valence-electron chi connectivity index (χ3n) is 4.86. The number of hydrogen-bond donors (Lipinski definition) is 1. The third-order valence-corrected chi connectivity index (χ3v) is 6.09. The van der Waals surface area contributed by atoms with E-state index >= 15 is 0 Å². The number of aromatic nitrogens is 5. The predicted octanol–water partition coefficient (Wildman–Crippen LogP) is 5.12. The maximum absolute atomic E-state index is 12.7.